The summed E-state index contributed by atoms with van der Waals surface area (Å²) < 4.78 is 51.0. The number of carbonyl (C=O) groups is 2. The predicted octanol–water partition coefficient (Wildman–Crippen LogP) is 1.30. The molecular formula is C14H10Cl2N2O6S2. The molecule has 0 saturated carbocycles. The molecule has 0 bridgehead atoms. The lowest BCUT2D eigenvalue weighted by Gasteiger charge is -2.08. The molecule has 0 aliphatic rings. The number of rotatable bonds is 4. The van der Waals surface area contributed by atoms with Crippen LogP contribution in [0.5, 0.6) is 0 Å². The summed E-state index contributed by atoms with van der Waals surface area (Å²) in [5.41, 5.74) is 0. The summed E-state index contributed by atoms with van der Waals surface area (Å²) in [5.74, 6) is -3.34. The van der Waals surface area contributed by atoms with E-state index in [4.69, 9.17) is 23.2 Å². The molecule has 0 unspecified atom stereocenters. The second-order valence-electron chi connectivity index (χ2n) is 4.78. The van der Waals surface area contributed by atoms with Crippen molar-refractivity contribution in [1.29, 1.82) is 0 Å². The smallest absolute Gasteiger partial charge is 0.262 e. The fraction of sp³-hybridized carbons (Fsp3) is 0. The van der Waals surface area contributed by atoms with Gasteiger partial charge in [0.2, 0.25) is 0 Å². The van der Waals surface area contributed by atoms with Gasteiger partial charge in [-0.25, -0.2) is 26.3 Å². The monoisotopic (exact) mass is 436 g/mol. The molecule has 2 N–H and O–H groups in total. The van der Waals surface area contributed by atoms with Crippen LogP contribution in [0.1, 0.15) is 0 Å². The van der Waals surface area contributed by atoms with Crippen LogP contribution in [-0.2, 0) is 29.6 Å². The van der Waals surface area contributed by atoms with E-state index in [9.17, 15) is 26.4 Å². The van der Waals surface area contributed by atoms with E-state index in [0.29, 0.717) is 0 Å². The van der Waals surface area contributed by atoms with Gasteiger partial charge in [0.1, 0.15) is 0 Å². The molecule has 8 nitrogen and oxygen atoms in total. The standard InChI is InChI=1S/C14H10Cl2N2O6S2/c15-9-1-5-11(6-2-9)25(21,22)17-13(19)14(20)18-26(23,24)12-7-3-10(16)4-8-12/h1-8H,(H,17,19)(H,18,20). The van der Waals surface area contributed by atoms with Crippen LogP contribution in [0.25, 0.3) is 0 Å². The Bertz CT molecular complexity index is 962. The van der Waals surface area contributed by atoms with E-state index in [0.717, 1.165) is 24.3 Å². The summed E-state index contributed by atoms with van der Waals surface area (Å²) in [6, 6.07) is 9.52. The van der Waals surface area contributed by atoms with Crippen LogP contribution >= 0.6 is 23.2 Å². The van der Waals surface area contributed by atoms with Gasteiger partial charge in [0.05, 0.1) is 9.79 Å². The molecule has 0 aromatic heterocycles. The van der Waals surface area contributed by atoms with Gasteiger partial charge in [0.25, 0.3) is 20.0 Å². The van der Waals surface area contributed by atoms with Crippen LogP contribution in [0.3, 0.4) is 0 Å². The average molecular weight is 437 g/mol. The zero-order valence-electron chi connectivity index (χ0n) is 12.6. The van der Waals surface area contributed by atoms with Crippen LogP contribution in [0.2, 0.25) is 10.0 Å². The van der Waals surface area contributed by atoms with Crippen LogP contribution < -0.4 is 9.44 Å². The molecule has 0 spiro atoms. The molecule has 0 saturated heterocycles. The maximum Gasteiger partial charge on any atom is 0.324 e. The first-order valence-corrected chi connectivity index (χ1v) is 10.4. The molecule has 2 amide bonds. The molecule has 0 heterocycles. The van der Waals surface area contributed by atoms with Crippen molar-refractivity contribution in [1.82, 2.24) is 9.44 Å². The van der Waals surface area contributed by atoms with Crippen molar-refractivity contribution in [2.45, 2.75) is 9.79 Å². The van der Waals surface area contributed by atoms with E-state index in [1.54, 1.807) is 0 Å². The van der Waals surface area contributed by atoms with E-state index in [2.05, 4.69) is 0 Å². The Morgan fingerprint density at radius 1 is 0.615 bits per heavy atom. The summed E-state index contributed by atoms with van der Waals surface area (Å²) in [6.45, 7) is 0. The number of benzene rings is 2. The summed E-state index contributed by atoms with van der Waals surface area (Å²) in [6.07, 6.45) is 0. The molecule has 2 rings (SSSR count). The van der Waals surface area contributed by atoms with E-state index >= 15 is 0 Å². The maximum absolute atomic E-state index is 12.0. The largest absolute Gasteiger partial charge is 0.324 e. The van der Waals surface area contributed by atoms with Crippen molar-refractivity contribution < 1.29 is 26.4 Å². The Balaban J connectivity index is 2.13. The molecule has 0 aliphatic heterocycles. The second-order valence-corrected chi connectivity index (χ2v) is 9.01. The van der Waals surface area contributed by atoms with Gasteiger partial charge < -0.3 is 0 Å². The lowest BCUT2D eigenvalue weighted by molar-refractivity contribution is -0.137. The number of hydrogen-bond acceptors (Lipinski definition) is 6. The summed E-state index contributed by atoms with van der Waals surface area (Å²) in [5, 5.41) is 0.532. The number of amides is 2. The SMILES string of the molecule is O=C(NS(=O)(=O)c1ccc(Cl)cc1)C(=O)NS(=O)(=O)c1ccc(Cl)cc1. The molecule has 0 fully saturated rings. The Kier molecular flexibility index (Phi) is 5.91. The first kappa shape index (κ1) is 20.2. The number of hydrogen-bond donors (Lipinski definition) is 2. The third-order valence-corrected chi connectivity index (χ3v) is 6.11. The molecule has 0 radical (unpaired) electrons. The third kappa shape index (κ3) is 4.94. The van der Waals surface area contributed by atoms with E-state index < -0.39 is 31.9 Å². The van der Waals surface area contributed by atoms with Crippen molar-refractivity contribution >= 4 is 55.1 Å². The van der Waals surface area contributed by atoms with Gasteiger partial charge in [-0.15, -0.1) is 0 Å². The lowest BCUT2D eigenvalue weighted by atomic mass is 10.4. The Hall–Kier alpha value is -2.14. The lowest BCUT2D eigenvalue weighted by Crippen LogP contribution is -2.44. The molecule has 2 aromatic carbocycles. The van der Waals surface area contributed by atoms with Crippen molar-refractivity contribution in [2.75, 3.05) is 0 Å². The molecule has 138 valence electrons. The van der Waals surface area contributed by atoms with Crippen molar-refractivity contribution in [3.63, 3.8) is 0 Å². The van der Waals surface area contributed by atoms with E-state index in [1.807, 2.05) is 0 Å². The van der Waals surface area contributed by atoms with Crippen LogP contribution in [0, 0.1) is 0 Å². The van der Waals surface area contributed by atoms with Crippen LogP contribution in [0.4, 0.5) is 0 Å². The molecule has 2 aromatic rings. The third-order valence-electron chi connectivity index (χ3n) is 2.91. The summed E-state index contributed by atoms with van der Waals surface area (Å²) in [7, 11) is -8.76. The first-order chi connectivity index (χ1) is 12.0. The topological polar surface area (TPSA) is 126 Å². The minimum absolute atomic E-state index is 0.266. The van der Waals surface area contributed by atoms with E-state index in [-0.39, 0.29) is 19.8 Å². The predicted molar refractivity (Wildman–Crippen MR) is 93.6 cm³/mol. The molecule has 12 heteroatoms. The highest BCUT2D eigenvalue weighted by molar-refractivity contribution is 7.91. The quantitative estimate of drug-likeness (QED) is 0.695. The highest BCUT2D eigenvalue weighted by Crippen LogP contribution is 2.15. The fourth-order valence-electron chi connectivity index (χ4n) is 1.68. The summed E-state index contributed by atoms with van der Waals surface area (Å²) in [4.78, 5) is 22.8. The fourth-order valence-corrected chi connectivity index (χ4v) is 3.83. The highest BCUT2D eigenvalue weighted by Gasteiger charge is 2.27. The van der Waals surface area contributed by atoms with Crippen molar-refractivity contribution in [3.05, 3.63) is 58.6 Å². The summed E-state index contributed by atoms with van der Waals surface area (Å²) >= 11 is 11.3. The number of halogens is 2. The van der Waals surface area contributed by atoms with Gasteiger partial charge in [-0.1, -0.05) is 23.2 Å². The zero-order valence-corrected chi connectivity index (χ0v) is 15.8. The minimum atomic E-state index is -4.38. The minimum Gasteiger partial charge on any atom is -0.262 e. The number of nitrogens with one attached hydrogen (secondary N) is 2. The van der Waals surface area contributed by atoms with Gasteiger partial charge in [-0.2, -0.15) is 0 Å². The van der Waals surface area contributed by atoms with Crippen molar-refractivity contribution in [2.24, 2.45) is 0 Å². The Labute approximate surface area is 159 Å². The number of sulfonamides is 2. The second kappa shape index (κ2) is 7.62. The molecule has 0 aliphatic carbocycles. The number of carbonyl (C=O) groups excluding carboxylic acids is 2. The van der Waals surface area contributed by atoms with Crippen LogP contribution in [-0.4, -0.2) is 28.6 Å². The van der Waals surface area contributed by atoms with Crippen LogP contribution in [0.15, 0.2) is 58.3 Å². The normalized spacial score (nSPS) is 11.6. The van der Waals surface area contributed by atoms with E-state index in [1.165, 1.54) is 33.7 Å². The highest BCUT2D eigenvalue weighted by atomic mass is 35.5. The van der Waals surface area contributed by atoms with Gasteiger partial charge in [-0.3, -0.25) is 9.59 Å². The zero-order chi connectivity index (χ0) is 19.5. The Morgan fingerprint density at radius 2 is 0.885 bits per heavy atom. The molecule has 0 atom stereocenters. The van der Waals surface area contributed by atoms with Gasteiger partial charge >= 0.3 is 11.8 Å². The maximum atomic E-state index is 12.0. The van der Waals surface area contributed by atoms with Gasteiger partial charge in [0, 0.05) is 10.0 Å². The van der Waals surface area contributed by atoms with Gasteiger partial charge in [0.15, 0.2) is 0 Å². The molecule has 26 heavy (non-hydrogen) atoms. The first-order valence-electron chi connectivity index (χ1n) is 6.66. The Morgan fingerprint density at radius 3 is 1.15 bits per heavy atom. The van der Waals surface area contributed by atoms with Crippen molar-refractivity contribution in [3.8, 4) is 0 Å². The average Bonchev–Trinajstić information content (AvgIpc) is 2.54. The van der Waals surface area contributed by atoms with Gasteiger partial charge in [-0.05, 0) is 48.5 Å². The molecular weight excluding hydrogens is 427 g/mol.